The maximum Gasteiger partial charge on any atom is 0.0808 e. The van der Waals surface area contributed by atoms with Crippen LogP contribution in [0.5, 0.6) is 0 Å². The molecule has 1 aliphatic heterocycles. The maximum absolute atomic E-state index is 5.71. The number of nitrogens with one attached hydrogen (secondary N) is 1. The average molecular weight is 213 g/mol. The molecule has 0 spiro atoms. The van der Waals surface area contributed by atoms with E-state index in [1.165, 1.54) is 12.8 Å². The van der Waals surface area contributed by atoms with Crippen LogP contribution in [-0.2, 0) is 9.47 Å². The number of ether oxygens (including phenoxy) is 2. The van der Waals surface area contributed by atoms with Crippen LogP contribution in [0, 0.1) is 0 Å². The lowest BCUT2D eigenvalue weighted by Gasteiger charge is -2.24. The zero-order valence-electron chi connectivity index (χ0n) is 9.71. The van der Waals surface area contributed by atoms with Gasteiger partial charge < -0.3 is 14.8 Å². The highest BCUT2D eigenvalue weighted by Gasteiger charge is 2.14. The molecule has 0 aliphatic carbocycles. The minimum absolute atomic E-state index is 0.246. The van der Waals surface area contributed by atoms with Crippen molar-refractivity contribution in [1.82, 2.24) is 5.32 Å². The second kappa shape index (κ2) is 7.85. The van der Waals surface area contributed by atoms with Gasteiger partial charge in [-0.1, -0.05) is 6.08 Å². The second-order valence-corrected chi connectivity index (χ2v) is 4.08. The predicted molar refractivity (Wildman–Crippen MR) is 62.1 cm³/mol. The zero-order valence-corrected chi connectivity index (χ0v) is 9.71. The SMILES string of the molecule is C=CCNCC(C)OCC1CCCCO1. The zero-order chi connectivity index (χ0) is 10.9. The first kappa shape index (κ1) is 12.7. The number of rotatable bonds is 7. The largest absolute Gasteiger partial charge is 0.376 e. The van der Waals surface area contributed by atoms with Gasteiger partial charge in [0, 0.05) is 19.7 Å². The Morgan fingerprint density at radius 2 is 2.47 bits per heavy atom. The van der Waals surface area contributed by atoms with Crippen molar-refractivity contribution in [1.29, 1.82) is 0 Å². The molecule has 1 N–H and O–H groups in total. The van der Waals surface area contributed by atoms with Gasteiger partial charge in [-0.05, 0) is 26.2 Å². The van der Waals surface area contributed by atoms with E-state index in [1.54, 1.807) is 0 Å². The molecule has 1 heterocycles. The molecule has 0 radical (unpaired) electrons. The Kier molecular flexibility index (Phi) is 6.64. The molecular weight excluding hydrogens is 190 g/mol. The van der Waals surface area contributed by atoms with Gasteiger partial charge in [-0.15, -0.1) is 6.58 Å². The first-order chi connectivity index (χ1) is 7.33. The normalized spacial score (nSPS) is 23.7. The Hall–Kier alpha value is -0.380. The molecule has 0 amide bonds. The van der Waals surface area contributed by atoms with Crippen LogP contribution in [-0.4, -0.2) is 38.5 Å². The van der Waals surface area contributed by atoms with E-state index in [-0.39, 0.29) is 6.10 Å². The lowest BCUT2D eigenvalue weighted by atomic mass is 10.1. The van der Waals surface area contributed by atoms with Crippen molar-refractivity contribution < 1.29 is 9.47 Å². The highest BCUT2D eigenvalue weighted by Crippen LogP contribution is 2.13. The molecule has 2 unspecified atom stereocenters. The molecule has 0 aromatic carbocycles. The van der Waals surface area contributed by atoms with Crippen LogP contribution in [0.1, 0.15) is 26.2 Å². The average Bonchev–Trinajstić information content (AvgIpc) is 2.28. The van der Waals surface area contributed by atoms with Crippen LogP contribution in [0.2, 0.25) is 0 Å². The lowest BCUT2D eigenvalue weighted by Crippen LogP contribution is -2.31. The van der Waals surface area contributed by atoms with Crippen molar-refractivity contribution in [2.24, 2.45) is 0 Å². The van der Waals surface area contributed by atoms with E-state index in [0.29, 0.717) is 6.10 Å². The van der Waals surface area contributed by atoms with Crippen LogP contribution < -0.4 is 5.32 Å². The number of hydrogen-bond acceptors (Lipinski definition) is 3. The fraction of sp³-hybridized carbons (Fsp3) is 0.833. The molecule has 2 atom stereocenters. The van der Waals surface area contributed by atoms with Crippen molar-refractivity contribution in [3.63, 3.8) is 0 Å². The Labute approximate surface area is 92.8 Å². The Balaban J connectivity index is 1.99. The van der Waals surface area contributed by atoms with Gasteiger partial charge in [0.15, 0.2) is 0 Å². The summed E-state index contributed by atoms with van der Waals surface area (Å²) in [5.41, 5.74) is 0. The first-order valence-electron chi connectivity index (χ1n) is 5.87. The Morgan fingerprint density at radius 1 is 1.60 bits per heavy atom. The molecule has 1 aliphatic rings. The van der Waals surface area contributed by atoms with Gasteiger partial charge in [0.1, 0.15) is 0 Å². The summed E-state index contributed by atoms with van der Waals surface area (Å²) in [5.74, 6) is 0. The summed E-state index contributed by atoms with van der Waals surface area (Å²) < 4.78 is 11.3. The van der Waals surface area contributed by atoms with Gasteiger partial charge in [-0.2, -0.15) is 0 Å². The summed E-state index contributed by atoms with van der Waals surface area (Å²) in [7, 11) is 0. The fourth-order valence-electron chi connectivity index (χ4n) is 1.66. The van der Waals surface area contributed by atoms with E-state index >= 15 is 0 Å². The minimum atomic E-state index is 0.246. The van der Waals surface area contributed by atoms with Crippen LogP contribution in [0.3, 0.4) is 0 Å². The van der Waals surface area contributed by atoms with Crippen molar-refractivity contribution in [3.05, 3.63) is 12.7 Å². The molecule has 1 fully saturated rings. The Bertz CT molecular complexity index is 167. The molecule has 0 bridgehead atoms. The minimum Gasteiger partial charge on any atom is -0.376 e. The van der Waals surface area contributed by atoms with Gasteiger partial charge >= 0.3 is 0 Å². The standard InChI is InChI=1S/C12H23NO2/c1-3-7-13-9-11(2)15-10-12-6-4-5-8-14-12/h3,11-13H,1,4-10H2,2H3. The topological polar surface area (TPSA) is 30.5 Å². The van der Waals surface area contributed by atoms with Gasteiger partial charge in [0.05, 0.1) is 18.8 Å². The molecule has 1 saturated heterocycles. The molecule has 3 heteroatoms. The molecule has 15 heavy (non-hydrogen) atoms. The van der Waals surface area contributed by atoms with E-state index in [1.807, 2.05) is 6.08 Å². The van der Waals surface area contributed by atoms with E-state index in [2.05, 4.69) is 18.8 Å². The van der Waals surface area contributed by atoms with Crippen LogP contribution >= 0.6 is 0 Å². The lowest BCUT2D eigenvalue weighted by molar-refractivity contribution is -0.0582. The fourth-order valence-corrected chi connectivity index (χ4v) is 1.66. The third-order valence-electron chi connectivity index (χ3n) is 2.56. The van der Waals surface area contributed by atoms with Crippen molar-refractivity contribution in [2.75, 3.05) is 26.3 Å². The van der Waals surface area contributed by atoms with E-state index < -0.39 is 0 Å². The summed E-state index contributed by atoms with van der Waals surface area (Å²) in [6, 6.07) is 0. The summed E-state index contributed by atoms with van der Waals surface area (Å²) in [6.45, 7) is 9.08. The molecule has 0 saturated carbocycles. The first-order valence-corrected chi connectivity index (χ1v) is 5.87. The van der Waals surface area contributed by atoms with E-state index in [0.717, 1.165) is 32.7 Å². The predicted octanol–water partition coefficient (Wildman–Crippen LogP) is 1.74. The summed E-state index contributed by atoms with van der Waals surface area (Å²) in [4.78, 5) is 0. The maximum atomic E-state index is 5.71. The van der Waals surface area contributed by atoms with Crippen LogP contribution in [0.15, 0.2) is 12.7 Å². The molecule has 0 aromatic rings. The smallest absolute Gasteiger partial charge is 0.0808 e. The summed E-state index contributed by atoms with van der Waals surface area (Å²) >= 11 is 0. The molecule has 0 aromatic heterocycles. The van der Waals surface area contributed by atoms with Gasteiger partial charge in [0.2, 0.25) is 0 Å². The van der Waals surface area contributed by atoms with Crippen molar-refractivity contribution in [2.45, 2.75) is 38.4 Å². The van der Waals surface area contributed by atoms with Crippen LogP contribution in [0.4, 0.5) is 0 Å². The summed E-state index contributed by atoms with van der Waals surface area (Å²) in [6.07, 6.45) is 6.05. The second-order valence-electron chi connectivity index (χ2n) is 4.08. The molecular formula is C12H23NO2. The molecule has 88 valence electrons. The number of hydrogen-bond donors (Lipinski definition) is 1. The van der Waals surface area contributed by atoms with Crippen LogP contribution in [0.25, 0.3) is 0 Å². The molecule has 1 rings (SSSR count). The quantitative estimate of drug-likeness (QED) is 0.516. The third kappa shape index (κ3) is 5.92. The highest BCUT2D eigenvalue weighted by molar-refractivity contribution is 4.71. The van der Waals surface area contributed by atoms with Gasteiger partial charge in [0.25, 0.3) is 0 Å². The van der Waals surface area contributed by atoms with E-state index in [4.69, 9.17) is 9.47 Å². The monoisotopic (exact) mass is 213 g/mol. The summed E-state index contributed by atoms with van der Waals surface area (Å²) in [5, 5.41) is 3.24. The van der Waals surface area contributed by atoms with E-state index in [9.17, 15) is 0 Å². The highest BCUT2D eigenvalue weighted by atomic mass is 16.5. The molecule has 3 nitrogen and oxygen atoms in total. The van der Waals surface area contributed by atoms with Crippen molar-refractivity contribution >= 4 is 0 Å². The van der Waals surface area contributed by atoms with Gasteiger partial charge in [-0.3, -0.25) is 0 Å². The van der Waals surface area contributed by atoms with Crippen molar-refractivity contribution in [3.8, 4) is 0 Å². The third-order valence-corrected chi connectivity index (χ3v) is 2.56. The Morgan fingerprint density at radius 3 is 3.13 bits per heavy atom. The van der Waals surface area contributed by atoms with Gasteiger partial charge in [-0.25, -0.2) is 0 Å².